The minimum absolute atomic E-state index is 0.593. The van der Waals surface area contributed by atoms with E-state index in [9.17, 15) is 5.11 Å². The van der Waals surface area contributed by atoms with Gasteiger partial charge in [-0.05, 0) is 30.7 Å². The van der Waals surface area contributed by atoms with Gasteiger partial charge in [-0.25, -0.2) is 0 Å². The first-order chi connectivity index (χ1) is 8.25. The monoisotopic (exact) mass is 228 g/mol. The van der Waals surface area contributed by atoms with Crippen molar-refractivity contribution in [3.8, 4) is 0 Å². The van der Waals surface area contributed by atoms with E-state index in [0.29, 0.717) is 13.0 Å². The van der Waals surface area contributed by atoms with Gasteiger partial charge in [-0.2, -0.15) is 0 Å². The van der Waals surface area contributed by atoms with E-state index in [-0.39, 0.29) is 0 Å². The van der Waals surface area contributed by atoms with Crippen LogP contribution in [-0.4, -0.2) is 28.8 Å². The van der Waals surface area contributed by atoms with Gasteiger partial charge in [0.1, 0.15) is 0 Å². The molecule has 17 heavy (non-hydrogen) atoms. The molecule has 0 aliphatic carbocycles. The molecule has 3 nitrogen and oxygen atoms in total. The van der Waals surface area contributed by atoms with E-state index in [1.807, 2.05) is 24.4 Å². The molecule has 1 aliphatic rings. The molecule has 1 fully saturated rings. The predicted octanol–water partition coefficient (Wildman–Crippen LogP) is 1.50. The fourth-order valence-corrected chi connectivity index (χ4v) is 2.47. The molecule has 1 aromatic carbocycles. The average molecular weight is 228 g/mol. The lowest BCUT2D eigenvalue weighted by molar-refractivity contribution is 0.0618. The second-order valence-corrected chi connectivity index (χ2v) is 4.86. The van der Waals surface area contributed by atoms with Crippen LogP contribution in [0, 0.1) is 0 Å². The third-order valence-corrected chi connectivity index (χ3v) is 3.40. The van der Waals surface area contributed by atoms with Gasteiger partial charge in [0.15, 0.2) is 0 Å². The number of fused-ring (bicyclic) bond motifs is 1. The number of aromatic nitrogens is 1. The Morgan fingerprint density at radius 2 is 2.24 bits per heavy atom. The maximum absolute atomic E-state index is 10.3. The number of β-amino-alcohol motifs (C(OH)–C–C–N with tert-alkyl or cyclic N) is 1. The Morgan fingerprint density at radius 1 is 1.35 bits per heavy atom. The van der Waals surface area contributed by atoms with Crippen molar-refractivity contribution in [1.29, 1.82) is 0 Å². The number of hydrogen-bond acceptors (Lipinski definition) is 3. The SMILES string of the molecule is OC1(Cc2cnc3ccccc3c2)CCNC1. The summed E-state index contributed by atoms with van der Waals surface area (Å²) in [7, 11) is 0. The molecular formula is C14H16N2O. The molecule has 1 atom stereocenters. The maximum Gasteiger partial charge on any atom is 0.0824 e. The number of pyridine rings is 1. The highest BCUT2D eigenvalue weighted by atomic mass is 16.3. The molecule has 0 spiro atoms. The number of para-hydroxylation sites is 1. The minimum atomic E-state index is -0.593. The van der Waals surface area contributed by atoms with Gasteiger partial charge in [-0.15, -0.1) is 0 Å². The van der Waals surface area contributed by atoms with Gasteiger partial charge in [0.05, 0.1) is 11.1 Å². The van der Waals surface area contributed by atoms with Crippen LogP contribution < -0.4 is 5.32 Å². The van der Waals surface area contributed by atoms with Crippen molar-refractivity contribution < 1.29 is 5.11 Å². The van der Waals surface area contributed by atoms with Gasteiger partial charge in [0, 0.05) is 24.5 Å². The van der Waals surface area contributed by atoms with Crippen LogP contribution in [0.5, 0.6) is 0 Å². The number of rotatable bonds is 2. The largest absolute Gasteiger partial charge is 0.388 e. The molecule has 3 rings (SSSR count). The number of nitrogens with one attached hydrogen (secondary N) is 1. The molecule has 0 bridgehead atoms. The first-order valence-corrected chi connectivity index (χ1v) is 6.02. The van der Waals surface area contributed by atoms with Crippen LogP contribution in [-0.2, 0) is 6.42 Å². The van der Waals surface area contributed by atoms with Gasteiger partial charge in [0.2, 0.25) is 0 Å². The van der Waals surface area contributed by atoms with E-state index in [4.69, 9.17) is 0 Å². The highest BCUT2D eigenvalue weighted by molar-refractivity contribution is 5.78. The number of hydrogen-bond donors (Lipinski definition) is 2. The second-order valence-electron chi connectivity index (χ2n) is 4.86. The van der Waals surface area contributed by atoms with Crippen LogP contribution in [0.15, 0.2) is 36.5 Å². The summed E-state index contributed by atoms with van der Waals surface area (Å²) in [6.07, 6.45) is 3.37. The summed E-state index contributed by atoms with van der Waals surface area (Å²) in [5.41, 5.74) is 1.52. The first-order valence-electron chi connectivity index (χ1n) is 6.02. The van der Waals surface area contributed by atoms with E-state index in [1.54, 1.807) is 0 Å². The lowest BCUT2D eigenvalue weighted by atomic mass is 9.94. The van der Waals surface area contributed by atoms with Gasteiger partial charge in [-0.1, -0.05) is 18.2 Å². The minimum Gasteiger partial charge on any atom is -0.388 e. The fourth-order valence-electron chi connectivity index (χ4n) is 2.47. The predicted molar refractivity (Wildman–Crippen MR) is 67.9 cm³/mol. The molecule has 2 aromatic rings. The van der Waals surface area contributed by atoms with Crippen LogP contribution in [0.2, 0.25) is 0 Å². The highest BCUT2D eigenvalue weighted by Crippen LogP contribution is 2.22. The summed E-state index contributed by atoms with van der Waals surface area (Å²) in [6.45, 7) is 1.58. The van der Waals surface area contributed by atoms with Crippen molar-refractivity contribution in [3.63, 3.8) is 0 Å². The van der Waals surface area contributed by atoms with Gasteiger partial charge in [0.25, 0.3) is 0 Å². The summed E-state index contributed by atoms with van der Waals surface area (Å²) in [5, 5.41) is 14.7. The maximum atomic E-state index is 10.3. The smallest absolute Gasteiger partial charge is 0.0824 e. The Labute approximate surface area is 100 Å². The van der Waals surface area contributed by atoms with Gasteiger partial charge in [-0.3, -0.25) is 4.98 Å². The summed E-state index contributed by atoms with van der Waals surface area (Å²) in [4.78, 5) is 4.42. The Hall–Kier alpha value is -1.45. The van der Waals surface area contributed by atoms with Gasteiger partial charge < -0.3 is 10.4 Å². The molecule has 88 valence electrons. The molecule has 0 saturated carbocycles. The summed E-state index contributed by atoms with van der Waals surface area (Å²) in [5.74, 6) is 0. The van der Waals surface area contributed by atoms with Crippen molar-refractivity contribution in [2.24, 2.45) is 0 Å². The summed E-state index contributed by atoms with van der Waals surface area (Å²) < 4.78 is 0. The lowest BCUT2D eigenvalue weighted by Gasteiger charge is -2.21. The van der Waals surface area contributed by atoms with Crippen LogP contribution in [0.4, 0.5) is 0 Å². The van der Waals surface area contributed by atoms with E-state index in [2.05, 4.69) is 22.4 Å². The molecule has 2 heterocycles. The third kappa shape index (κ3) is 2.16. The normalized spacial score (nSPS) is 24.3. The first kappa shape index (κ1) is 10.7. The molecule has 2 N–H and O–H groups in total. The van der Waals surface area contributed by atoms with Crippen LogP contribution in [0.25, 0.3) is 10.9 Å². The molecular weight excluding hydrogens is 212 g/mol. The molecule has 1 saturated heterocycles. The standard InChI is InChI=1S/C14H16N2O/c17-14(5-6-15-10-14)8-11-7-12-3-1-2-4-13(12)16-9-11/h1-4,7,9,15,17H,5-6,8,10H2. The van der Waals surface area contributed by atoms with Crippen LogP contribution in [0.1, 0.15) is 12.0 Å². The lowest BCUT2D eigenvalue weighted by Crippen LogP contribution is -2.33. The summed E-state index contributed by atoms with van der Waals surface area (Å²) >= 11 is 0. The van der Waals surface area contributed by atoms with Crippen molar-refractivity contribution in [1.82, 2.24) is 10.3 Å². The second kappa shape index (κ2) is 4.09. The van der Waals surface area contributed by atoms with E-state index < -0.39 is 5.60 Å². The quantitative estimate of drug-likeness (QED) is 0.818. The number of aliphatic hydroxyl groups is 1. The Bertz CT molecular complexity index is 532. The van der Waals surface area contributed by atoms with E-state index >= 15 is 0 Å². The topological polar surface area (TPSA) is 45.2 Å². The zero-order valence-corrected chi connectivity index (χ0v) is 9.69. The van der Waals surface area contributed by atoms with Gasteiger partial charge >= 0.3 is 0 Å². The number of nitrogens with zero attached hydrogens (tertiary/aromatic N) is 1. The third-order valence-electron chi connectivity index (χ3n) is 3.40. The van der Waals surface area contributed by atoms with Crippen LogP contribution in [0.3, 0.4) is 0 Å². The van der Waals surface area contributed by atoms with Crippen molar-refractivity contribution in [2.45, 2.75) is 18.4 Å². The molecule has 1 unspecified atom stereocenters. The summed E-state index contributed by atoms with van der Waals surface area (Å²) in [6, 6.07) is 10.2. The van der Waals surface area contributed by atoms with Crippen molar-refractivity contribution in [2.75, 3.05) is 13.1 Å². The molecule has 1 aromatic heterocycles. The highest BCUT2D eigenvalue weighted by Gasteiger charge is 2.31. The Balaban J connectivity index is 1.90. The van der Waals surface area contributed by atoms with E-state index in [1.165, 1.54) is 0 Å². The molecule has 0 amide bonds. The van der Waals surface area contributed by atoms with Crippen molar-refractivity contribution in [3.05, 3.63) is 42.1 Å². The Kier molecular flexibility index (Phi) is 2.57. The Morgan fingerprint density at radius 3 is 3.06 bits per heavy atom. The average Bonchev–Trinajstić information content (AvgIpc) is 2.76. The molecule has 1 aliphatic heterocycles. The zero-order chi connectivity index (χ0) is 11.7. The van der Waals surface area contributed by atoms with Crippen LogP contribution >= 0.6 is 0 Å². The fraction of sp³-hybridized carbons (Fsp3) is 0.357. The number of benzene rings is 1. The van der Waals surface area contributed by atoms with Crippen molar-refractivity contribution >= 4 is 10.9 Å². The molecule has 3 heteroatoms. The zero-order valence-electron chi connectivity index (χ0n) is 9.69. The van der Waals surface area contributed by atoms with E-state index in [0.717, 1.165) is 29.4 Å². The molecule has 0 radical (unpaired) electrons.